The van der Waals surface area contributed by atoms with Gasteiger partial charge >= 0.3 is 5.97 Å². The van der Waals surface area contributed by atoms with E-state index in [9.17, 15) is 4.79 Å². The first-order valence-electron chi connectivity index (χ1n) is 7.53. The first-order chi connectivity index (χ1) is 11.3. The average Bonchev–Trinajstić information content (AvgIpc) is 2.62. The van der Waals surface area contributed by atoms with Gasteiger partial charge in [-0.1, -0.05) is 48.5 Å². The summed E-state index contributed by atoms with van der Waals surface area (Å²) in [5, 5.41) is 0. The average molecular weight is 311 g/mol. The fourth-order valence-corrected chi connectivity index (χ4v) is 1.97. The number of rotatable bonds is 7. The maximum atomic E-state index is 11.1. The van der Waals surface area contributed by atoms with E-state index in [0.717, 1.165) is 17.1 Å². The number of nitrogens with zero attached hydrogens (tertiary/aromatic N) is 1. The predicted molar refractivity (Wildman–Crippen MR) is 92.3 cm³/mol. The molecule has 0 saturated carbocycles. The fraction of sp³-hybridized carbons (Fsp3) is 0.222. The third-order valence-electron chi connectivity index (χ3n) is 3.18. The molecule has 5 nitrogen and oxygen atoms in total. The number of carbonyl (C=O) groups is 1. The van der Waals surface area contributed by atoms with Crippen molar-refractivity contribution < 1.29 is 9.53 Å². The lowest BCUT2D eigenvalue weighted by atomic mass is 10.2. The van der Waals surface area contributed by atoms with Gasteiger partial charge in [0.1, 0.15) is 5.84 Å². The highest BCUT2D eigenvalue weighted by Gasteiger charge is 2.03. The molecule has 120 valence electrons. The maximum Gasteiger partial charge on any atom is 0.305 e. The molecule has 2 rings (SSSR count). The van der Waals surface area contributed by atoms with Crippen LogP contribution >= 0.6 is 0 Å². The van der Waals surface area contributed by atoms with Gasteiger partial charge in [-0.3, -0.25) is 20.6 Å². The molecule has 0 bridgehead atoms. The van der Waals surface area contributed by atoms with E-state index in [1.54, 1.807) is 0 Å². The van der Waals surface area contributed by atoms with Gasteiger partial charge in [0.05, 0.1) is 12.8 Å². The number of ether oxygens (including phenoxy) is 1. The molecule has 5 heteroatoms. The Bertz CT molecular complexity index is 627. The minimum absolute atomic E-state index is 0.211. The van der Waals surface area contributed by atoms with Crippen molar-refractivity contribution in [3.8, 4) is 0 Å². The zero-order valence-electron chi connectivity index (χ0n) is 13.2. The fourth-order valence-electron chi connectivity index (χ4n) is 1.97. The van der Waals surface area contributed by atoms with Crippen LogP contribution in [0.3, 0.4) is 0 Å². The summed E-state index contributed by atoms with van der Waals surface area (Å²) in [6.07, 6.45) is 1.02. The molecule has 23 heavy (non-hydrogen) atoms. The number of para-hydroxylation sites is 1. The molecule has 0 aliphatic rings. The number of esters is 1. The number of nitrogens with one attached hydrogen (secondary N) is 2. The van der Waals surface area contributed by atoms with Crippen molar-refractivity contribution in [2.24, 2.45) is 4.99 Å². The Morgan fingerprint density at radius 1 is 1.04 bits per heavy atom. The third-order valence-corrected chi connectivity index (χ3v) is 3.18. The summed E-state index contributed by atoms with van der Waals surface area (Å²) < 4.78 is 4.63. The van der Waals surface area contributed by atoms with Gasteiger partial charge in [0.2, 0.25) is 0 Å². The third kappa shape index (κ3) is 5.82. The van der Waals surface area contributed by atoms with Crippen LogP contribution in [0, 0.1) is 0 Å². The number of amidine groups is 1. The summed E-state index contributed by atoms with van der Waals surface area (Å²) in [5.41, 5.74) is 8.20. The number of hydrazine groups is 1. The zero-order chi connectivity index (χ0) is 16.3. The Labute approximate surface area is 136 Å². The standard InChI is InChI=1S/C18H21N3O2/c1-23-17(22)13-8-14-19-18(15-9-4-2-5-10-15)21-20-16-11-6-3-7-12-16/h2-7,9-12,20H,8,13-14H2,1H3,(H,19,21). The first-order valence-corrected chi connectivity index (χ1v) is 7.53. The normalized spacial score (nSPS) is 10.9. The van der Waals surface area contributed by atoms with E-state index in [-0.39, 0.29) is 5.97 Å². The number of hydrogen-bond acceptors (Lipinski definition) is 4. The van der Waals surface area contributed by atoms with Crippen LogP contribution < -0.4 is 10.9 Å². The highest BCUT2D eigenvalue weighted by Crippen LogP contribution is 2.05. The molecule has 0 aromatic heterocycles. The molecule has 2 aromatic carbocycles. The molecule has 2 aromatic rings. The Kier molecular flexibility index (Phi) is 6.65. The summed E-state index contributed by atoms with van der Waals surface area (Å²) in [6, 6.07) is 19.7. The van der Waals surface area contributed by atoms with E-state index >= 15 is 0 Å². The van der Waals surface area contributed by atoms with Crippen LogP contribution in [0.15, 0.2) is 65.7 Å². The number of hydrogen-bond donors (Lipinski definition) is 2. The first kappa shape index (κ1) is 16.5. The van der Waals surface area contributed by atoms with E-state index in [1.165, 1.54) is 7.11 Å². The topological polar surface area (TPSA) is 62.7 Å². The van der Waals surface area contributed by atoms with Gasteiger partial charge in [-0.15, -0.1) is 0 Å². The second kappa shape index (κ2) is 9.25. The van der Waals surface area contributed by atoms with Gasteiger partial charge < -0.3 is 4.74 Å². The number of benzene rings is 2. The van der Waals surface area contributed by atoms with Gasteiger partial charge in [0.25, 0.3) is 0 Å². The van der Waals surface area contributed by atoms with E-state index in [0.29, 0.717) is 19.4 Å². The van der Waals surface area contributed by atoms with Gasteiger partial charge in [0.15, 0.2) is 0 Å². The molecule has 2 N–H and O–H groups in total. The van der Waals surface area contributed by atoms with Gasteiger partial charge in [-0.05, 0) is 18.6 Å². The van der Waals surface area contributed by atoms with Crippen molar-refractivity contribution in [1.29, 1.82) is 0 Å². The van der Waals surface area contributed by atoms with Gasteiger partial charge in [0, 0.05) is 18.5 Å². The van der Waals surface area contributed by atoms with Gasteiger partial charge in [-0.25, -0.2) is 0 Å². The summed E-state index contributed by atoms with van der Waals surface area (Å²) >= 11 is 0. The van der Waals surface area contributed by atoms with Crippen molar-refractivity contribution in [1.82, 2.24) is 5.43 Å². The number of methoxy groups -OCH3 is 1. The maximum absolute atomic E-state index is 11.1. The zero-order valence-corrected chi connectivity index (χ0v) is 13.2. The quantitative estimate of drug-likeness (QED) is 0.271. The highest BCUT2D eigenvalue weighted by molar-refractivity contribution is 5.99. The van der Waals surface area contributed by atoms with Crippen molar-refractivity contribution in [2.45, 2.75) is 12.8 Å². The Balaban J connectivity index is 1.99. The predicted octanol–water partition coefficient (Wildman–Crippen LogP) is 3.00. The molecule has 0 aliphatic heterocycles. The second-order valence-electron chi connectivity index (χ2n) is 4.89. The van der Waals surface area contributed by atoms with Crippen LogP contribution in [0.1, 0.15) is 18.4 Å². The summed E-state index contributed by atoms with van der Waals surface area (Å²) in [6.45, 7) is 0.544. The number of carbonyl (C=O) groups excluding carboxylic acids is 1. The van der Waals surface area contributed by atoms with Crippen molar-refractivity contribution >= 4 is 17.5 Å². The van der Waals surface area contributed by atoms with E-state index in [2.05, 4.69) is 20.6 Å². The lowest BCUT2D eigenvalue weighted by molar-refractivity contribution is -0.140. The monoisotopic (exact) mass is 311 g/mol. The minimum atomic E-state index is -0.211. The van der Waals surface area contributed by atoms with Gasteiger partial charge in [-0.2, -0.15) is 0 Å². The number of aliphatic imine (C=N–C) groups is 1. The van der Waals surface area contributed by atoms with Crippen LogP contribution in [-0.4, -0.2) is 25.5 Å². The summed E-state index contributed by atoms with van der Waals surface area (Å²) in [7, 11) is 1.40. The smallest absolute Gasteiger partial charge is 0.305 e. The summed E-state index contributed by atoms with van der Waals surface area (Å²) in [5.74, 6) is 0.524. The van der Waals surface area contributed by atoms with Crippen molar-refractivity contribution in [2.75, 3.05) is 19.1 Å². The summed E-state index contributed by atoms with van der Waals surface area (Å²) in [4.78, 5) is 15.7. The van der Waals surface area contributed by atoms with E-state index < -0.39 is 0 Å². The minimum Gasteiger partial charge on any atom is -0.469 e. The number of anilines is 1. The Morgan fingerprint density at radius 3 is 2.35 bits per heavy atom. The molecule has 0 fully saturated rings. The molecule has 0 aliphatic carbocycles. The molecule has 0 spiro atoms. The molecule has 0 radical (unpaired) electrons. The Morgan fingerprint density at radius 2 is 1.70 bits per heavy atom. The van der Waals surface area contributed by atoms with E-state index in [4.69, 9.17) is 0 Å². The molecule has 0 amide bonds. The van der Waals surface area contributed by atoms with Crippen LogP contribution in [0.4, 0.5) is 5.69 Å². The molecular formula is C18H21N3O2. The SMILES string of the molecule is COC(=O)CCCN=C(NNc1ccccc1)c1ccccc1. The van der Waals surface area contributed by atoms with Crippen molar-refractivity contribution in [3.63, 3.8) is 0 Å². The highest BCUT2D eigenvalue weighted by atomic mass is 16.5. The molecule has 0 unspecified atom stereocenters. The largest absolute Gasteiger partial charge is 0.469 e. The van der Waals surface area contributed by atoms with Crippen LogP contribution in [0.25, 0.3) is 0 Å². The Hall–Kier alpha value is -2.82. The van der Waals surface area contributed by atoms with Crippen LogP contribution in [0.5, 0.6) is 0 Å². The lowest BCUT2D eigenvalue weighted by Crippen LogP contribution is -2.30. The van der Waals surface area contributed by atoms with E-state index in [1.807, 2.05) is 60.7 Å². The molecular weight excluding hydrogens is 290 g/mol. The van der Waals surface area contributed by atoms with Crippen LogP contribution in [-0.2, 0) is 9.53 Å². The molecule has 0 atom stereocenters. The molecule has 0 saturated heterocycles. The molecule has 0 heterocycles. The lowest BCUT2D eigenvalue weighted by Gasteiger charge is -2.12. The second-order valence-corrected chi connectivity index (χ2v) is 4.89. The van der Waals surface area contributed by atoms with Crippen molar-refractivity contribution in [3.05, 3.63) is 66.2 Å². The van der Waals surface area contributed by atoms with Crippen LogP contribution in [0.2, 0.25) is 0 Å².